The summed E-state index contributed by atoms with van der Waals surface area (Å²) in [5.74, 6) is 0.900. The number of hydrogen-bond acceptors (Lipinski definition) is 4. The second kappa shape index (κ2) is 9.04. The molecule has 1 aliphatic carbocycles. The van der Waals surface area contributed by atoms with Gasteiger partial charge in [0, 0.05) is 12.1 Å². The van der Waals surface area contributed by atoms with Crippen LogP contribution in [0.5, 0.6) is 0 Å². The van der Waals surface area contributed by atoms with Crippen LogP contribution in [0.1, 0.15) is 49.4 Å². The van der Waals surface area contributed by atoms with Crippen LogP contribution in [0, 0.1) is 6.92 Å². The Morgan fingerprint density at radius 3 is 2.77 bits per heavy atom. The lowest BCUT2D eigenvalue weighted by Gasteiger charge is -2.27. The molecule has 4 rings (SSSR count). The first kappa shape index (κ1) is 20.7. The average molecular weight is 421 g/mol. The van der Waals surface area contributed by atoms with Crippen molar-refractivity contribution in [2.75, 3.05) is 0 Å². The smallest absolute Gasteiger partial charge is 0.233 e. The van der Waals surface area contributed by atoms with Crippen molar-refractivity contribution in [1.29, 1.82) is 0 Å². The summed E-state index contributed by atoms with van der Waals surface area (Å²) in [5.41, 5.74) is 4.85. The number of aryl methyl sites for hydroxylation is 2. The number of hydrogen-bond donors (Lipinski definition) is 1. The summed E-state index contributed by atoms with van der Waals surface area (Å²) < 4.78 is 2.09. The third-order valence-corrected chi connectivity index (χ3v) is 6.84. The molecule has 0 fully saturated rings. The number of carbonyl (C=O) groups excluding carboxylic acids is 1. The number of amides is 1. The molecule has 0 spiro atoms. The Balaban J connectivity index is 1.49. The second-order valence-electron chi connectivity index (χ2n) is 7.78. The molecule has 0 unspecified atom stereocenters. The van der Waals surface area contributed by atoms with Gasteiger partial charge in [-0.05, 0) is 56.7 Å². The zero-order valence-corrected chi connectivity index (χ0v) is 18.6. The summed E-state index contributed by atoms with van der Waals surface area (Å²) in [5, 5.41) is 12.6. The molecule has 2 atom stereocenters. The van der Waals surface area contributed by atoms with Crippen LogP contribution >= 0.6 is 11.8 Å². The highest BCUT2D eigenvalue weighted by molar-refractivity contribution is 8.00. The van der Waals surface area contributed by atoms with Crippen LogP contribution in [0.25, 0.3) is 11.4 Å². The van der Waals surface area contributed by atoms with E-state index in [1.165, 1.54) is 22.9 Å². The third kappa shape index (κ3) is 4.15. The standard InChI is InChI=1S/C24H28N4OS/c1-4-28-22(19-13-7-5-10-16(19)2)26-27-24(28)30-17(3)23(29)25-21-15-9-12-18-11-6-8-14-20(18)21/h5-8,10-11,13-14,17,21H,4,9,12,15H2,1-3H3,(H,25,29)/t17-,21+/m1/s1. The van der Waals surface area contributed by atoms with E-state index in [2.05, 4.69) is 70.3 Å². The molecule has 30 heavy (non-hydrogen) atoms. The van der Waals surface area contributed by atoms with Crippen molar-refractivity contribution in [2.45, 2.75) is 63.0 Å². The number of rotatable bonds is 6. The highest BCUT2D eigenvalue weighted by atomic mass is 32.2. The largest absolute Gasteiger partial charge is 0.348 e. The van der Waals surface area contributed by atoms with Gasteiger partial charge in [-0.3, -0.25) is 4.79 Å². The van der Waals surface area contributed by atoms with Gasteiger partial charge in [0.05, 0.1) is 11.3 Å². The topological polar surface area (TPSA) is 59.8 Å². The first-order valence-corrected chi connectivity index (χ1v) is 11.5. The molecule has 1 heterocycles. The minimum Gasteiger partial charge on any atom is -0.348 e. The lowest BCUT2D eigenvalue weighted by atomic mass is 9.88. The molecule has 0 bridgehead atoms. The maximum absolute atomic E-state index is 13.0. The lowest BCUT2D eigenvalue weighted by Crippen LogP contribution is -2.36. The van der Waals surface area contributed by atoms with E-state index in [0.717, 1.165) is 47.9 Å². The van der Waals surface area contributed by atoms with Gasteiger partial charge in [-0.2, -0.15) is 0 Å². The predicted octanol–water partition coefficient (Wildman–Crippen LogP) is 4.95. The fourth-order valence-corrected chi connectivity index (χ4v) is 5.01. The van der Waals surface area contributed by atoms with Gasteiger partial charge in [-0.25, -0.2) is 0 Å². The van der Waals surface area contributed by atoms with Crippen LogP contribution in [0.3, 0.4) is 0 Å². The molecular weight excluding hydrogens is 392 g/mol. The minimum absolute atomic E-state index is 0.0461. The molecule has 0 radical (unpaired) electrons. The van der Waals surface area contributed by atoms with E-state index in [9.17, 15) is 4.79 Å². The highest BCUT2D eigenvalue weighted by Crippen LogP contribution is 2.31. The fourth-order valence-electron chi connectivity index (χ4n) is 4.09. The lowest BCUT2D eigenvalue weighted by molar-refractivity contribution is -0.121. The number of nitrogens with zero attached hydrogens (tertiary/aromatic N) is 3. The van der Waals surface area contributed by atoms with Gasteiger partial charge in [0.2, 0.25) is 5.91 Å². The highest BCUT2D eigenvalue weighted by Gasteiger charge is 2.25. The van der Waals surface area contributed by atoms with Gasteiger partial charge in [-0.1, -0.05) is 60.3 Å². The van der Waals surface area contributed by atoms with Gasteiger partial charge < -0.3 is 9.88 Å². The molecule has 1 aliphatic rings. The molecule has 1 N–H and O–H groups in total. The predicted molar refractivity (Wildman–Crippen MR) is 121 cm³/mol. The molecule has 0 saturated carbocycles. The molecule has 156 valence electrons. The van der Waals surface area contributed by atoms with Crippen molar-refractivity contribution in [2.24, 2.45) is 0 Å². The molecule has 0 saturated heterocycles. The van der Waals surface area contributed by atoms with Gasteiger partial charge in [0.1, 0.15) is 0 Å². The molecule has 2 aromatic carbocycles. The number of carbonyl (C=O) groups is 1. The summed E-state index contributed by atoms with van der Waals surface area (Å²) in [4.78, 5) is 13.0. The summed E-state index contributed by atoms with van der Waals surface area (Å²) in [6.07, 6.45) is 3.18. The maximum Gasteiger partial charge on any atom is 0.233 e. The van der Waals surface area contributed by atoms with Gasteiger partial charge in [0.15, 0.2) is 11.0 Å². The molecule has 1 amide bonds. The summed E-state index contributed by atoms with van der Waals surface area (Å²) >= 11 is 1.47. The zero-order chi connectivity index (χ0) is 21.1. The first-order chi connectivity index (χ1) is 14.6. The number of thioether (sulfide) groups is 1. The average Bonchev–Trinajstić information content (AvgIpc) is 3.16. The Hall–Kier alpha value is -2.60. The third-order valence-electron chi connectivity index (χ3n) is 5.76. The van der Waals surface area contributed by atoms with Crippen LogP contribution in [0.15, 0.2) is 53.7 Å². The summed E-state index contributed by atoms with van der Waals surface area (Å²) in [6, 6.07) is 16.7. The van der Waals surface area contributed by atoms with Gasteiger partial charge in [-0.15, -0.1) is 10.2 Å². The summed E-state index contributed by atoms with van der Waals surface area (Å²) in [6.45, 7) is 6.86. The van der Waals surface area contributed by atoms with Gasteiger partial charge in [0.25, 0.3) is 0 Å². The molecular formula is C24H28N4OS. The van der Waals surface area contributed by atoms with E-state index >= 15 is 0 Å². The number of fused-ring (bicyclic) bond motifs is 1. The Morgan fingerprint density at radius 2 is 1.97 bits per heavy atom. The molecule has 1 aromatic heterocycles. The van der Waals surface area contributed by atoms with E-state index in [1.807, 2.05) is 19.1 Å². The monoisotopic (exact) mass is 420 g/mol. The van der Waals surface area contributed by atoms with E-state index in [4.69, 9.17) is 0 Å². The van der Waals surface area contributed by atoms with Crippen LogP contribution in [0.4, 0.5) is 0 Å². The van der Waals surface area contributed by atoms with E-state index in [-0.39, 0.29) is 17.2 Å². The Morgan fingerprint density at radius 1 is 1.20 bits per heavy atom. The molecule has 5 nitrogen and oxygen atoms in total. The van der Waals surface area contributed by atoms with Crippen molar-refractivity contribution in [3.63, 3.8) is 0 Å². The Kier molecular flexibility index (Phi) is 6.23. The quantitative estimate of drug-likeness (QED) is 0.573. The van der Waals surface area contributed by atoms with Crippen molar-refractivity contribution >= 4 is 17.7 Å². The zero-order valence-electron chi connectivity index (χ0n) is 17.8. The van der Waals surface area contributed by atoms with Gasteiger partial charge >= 0.3 is 0 Å². The van der Waals surface area contributed by atoms with E-state index in [0.29, 0.717) is 0 Å². The fraction of sp³-hybridized carbons (Fsp3) is 0.375. The first-order valence-electron chi connectivity index (χ1n) is 10.6. The van der Waals surface area contributed by atoms with E-state index < -0.39 is 0 Å². The van der Waals surface area contributed by atoms with Crippen molar-refractivity contribution in [1.82, 2.24) is 20.1 Å². The molecule has 3 aromatic rings. The normalized spacial score (nSPS) is 16.7. The maximum atomic E-state index is 13.0. The Bertz CT molecular complexity index is 1050. The summed E-state index contributed by atoms with van der Waals surface area (Å²) in [7, 11) is 0. The minimum atomic E-state index is -0.252. The SMILES string of the molecule is CCn1c(S[C@H](C)C(=O)N[C@H]2CCCc3ccccc32)nnc1-c1ccccc1C. The molecule has 0 aliphatic heterocycles. The number of benzene rings is 2. The Labute approximate surface area is 182 Å². The van der Waals surface area contributed by atoms with Crippen molar-refractivity contribution in [3.05, 3.63) is 65.2 Å². The van der Waals surface area contributed by atoms with Crippen molar-refractivity contribution < 1.29 is 4.79 Å². The molecule has 6 heteroatoms. The van der Waals surface area contributed by atoms with Crippen LogP contribution in [-0.2, 0) is 17.8 Å². The van der Waals surface area contributed by atoms with Crippen molar-refractivity contribution in [3.8, 4) is 11.4 Å². The second-order valence-corrected chi connectivity index (χ2v) is 9.09. The van der Waals surface area contributed by atoms with Crippen LogP contribution < -0.4 is 5.32 Å². The van der Waals surface area contributed by atoms with Crippen LogP contribution in [-0.4, -0.2) is 25.9 Å². The van der Waals surface area contributed by atoms with E-state index in [1.54, 1.807) is 0 Å². The van der Waals surface area contributed by atoms with Crippen LogP contribution in [0.2, 0.25) is 0 Å². The number of aromatic nitrogens is 3. The number of nitrogens with one attached hydrogen (secondary N) is 1.